The molecule has 1 aliphatic heterocycles. The molecule has 1 fully saturated rings. The van der Waals surface area contributed by atoms with E-state index < -0.39 is 18.0 Å². The van der Waals surface area contributed by atoms with Gasteiger partial charge in [0.05, 0.1) is 13.2 Å². The Kier molecular flexibility index (Phi) is 2.84. The molecule has 0 radical (unpaired) electrons. The van der Waals surface area contributed by atoms with Gasteiger partial charge in [0, 0.05) is 6.42 Å². The molecular formula is C7H12F3NO2. The zero-order chi connectivity index (χ0) is 10.1. The Morgan fingerprint density at radius 2 is 1.85 bits per heavy atom. The first kappa shape index (κ1) is 10.7. The molecule has 3 nitrogen and oxygen atoms in total. The van der Waals surface area contributed by atoms with E-state index in [9.17, 15) is 13.2 Å². The summed E-state index contributed by atoms with van der Waals surface area (Å²) in [4.78, 5) is 0. The molecule has 0 spiro atoms. The summed E-state index contributed by atoms with van der Waals surface area (Å²) < 4.78 is 46.1. The molecule has 13 heavy (non-hydrogen) atoms. The number of halogens is 3. The molecule has 1 saturated heterocycles. The highest BCUT2D eigenvalue weighted by Crippen LogP contribution is 2.29. The summed E-state index contributed by atoms with van der Waals surface area (Å²) in [7, 11) is 0. The van der Waals surface area contributed by atoms with Crippen LogP contribution in [0.25, 0.3) is 0 Å². The second kappa shape index (κ2) is 3.43. The normalized spacial score (nSPS) is 24.7. The summed E-state index contributed by atoms with van der Waals surface area (Å²) in [5, 5.41) is 0. The number of nitrogens with two attached hydrogens (primary N) is 1. The number of hydrogen-bond donors (Lipinski definition) is 1. The Morgan fingerprint density at radius 3 is 2.23 bits per heavy atom. The van der Waals surface area contributed by atoms with Gasteiger partial charge >= 0.3 is 6.18 Å². The van der Waals surface area contributed by atoms with Crippen LogP contribution in [0.4, 0.5) is 13.2 Å². The Labute approximate surface area is 74.0 Å². The van der Waals surface area contributed by atoms with Gasteiger partial charge in [-0.3, -0.25) is 0 Å². The first-order valence-electron chi connectivity index (χ1n) is 3.94. The third-order valence-electron chi connectivity index (χ3n) is 1.91. The lowest BCUT2D eigenvalue weighted by atomic mass is 10.1. The van der Waals surface area contributed by atoms with Crippen molar-refractivity contribution in [1.29, 1.82) is 0 Å². The van der Waals surface area contributed by atoms with Gasteiger partial charge in [0.1, 0.15) is 6.04 Å². The largest absolute Gasteiger partial charge is 0.403 e. The minimum absolute atomic E-state index is 0.321. The molecule has 1 rings (SSSR count). The summed E-state index contributed by atoms with van der Waals surface area (Å²) in [6.07, 6.45) is -4.76. The van der Waals surface area contributed by atoms with Gasteiger partial charge in [-0.1, -0.05) is 0 Å². The van der Waals surface area contributed by atoms with E-state index in [1.54, 1.807) is 0 Å². The zero-order valence-electron chi connectivity index (χ0n) is 7.23. The molecular weight excluding hydrogens is 187 g/mol. The lowest BCUT2D eigenvalue weighted by Gasteiger charge is -2.26. The molecule has 0 bridgehead atoms. The topological polar surface area (TPSA) is 44.5 Å². The summed E-state index contributed by atoms with van der Waals surface area (Å²) in [5.74, 6) is -1.17. The van der Waals surface area contributed by atoms with Gasteiger partial charge in [0.15, 0.2) is 5.79 Å². The highest BCUT2D eigenvalue weighted by Gasteiger charge is 2.43. The summed E-state index contributed by atoms with van der Waals surface area (Å²) in [5.41, 5.74) is 4.93. The third-order valence-corrected chi connectivity index (χ3v) is 1.91. The van der Waals surface area contributed by atoms with Crippen LogP contribution in [0.2, 0.25) is 0 Å². The van der Waals surface area contributed by atoms with Crippen molar-refractivity contribution in [3.8, 4) is 0 Å². The van der Waals surface area contributed by atoms with Crippen molar-refractivity contribution >= 4 is 0 Å². The lowest BCUT2D eigenvalue weighted by Crippen LogP contribution is -2.44. The molecule has 0 aliphatic carbocycles. The minimum atomic E-state index is -4.39. The van der Waals surface area contributed by atoms with Gasteiger partial charge in [-0.2, -0.15) is 13.2 Å². The number of hydrogen-bond acceptors (Lipinski definition) is 3. The number of rotatable bonds is 2. The van der Waals surface area contributed by atoms with Crippen LogP contribution >= 0.6 is 0 Å². The first-order chi connectivity index (χ1) is 5.83. The Morgan fingerprint density at radius 1 is 1.38 bits per heavy atom. The van der Waals surface area contributed by atoms with Crippen molar-refractivity contribution < 1.29 is 22.6 Å². The highest BCUT2D eigenvalue weighted by molar-refractivity contribution is 4.80. The van der Waals surface area contributed by atoms with E-state index in [4.69, 9.17) is 15.2 Å². The molecule has 78 valence electrons. The smallest absolute Gasteiger partial charge is 0.348 e. The van der Waals surface area contributed by atoms with E-state index in [1.807, 2.05) is 0 Å². The lowest BCUT2D eigenvalue weighted by molar-refractivity contribution is -0.196. The SMILES string of the molecule is CC1(CC(N)C(F)(F)F)OCCO1. The van der Waals surface area contributed by atoms with Gasteiger partial charge in [0.25, 0.3) is 0 Å². The van der Waals surface area contributed by atoms with Crippen molar-refractivity contribution in [2.75, 3.05) is 13.2 Å². The minimum Gasteiger partial charge on any atom is -0.348 e. The van der Waals surface area contributed by atoms with Gasteiger partial charge < -0.3 is 15.2 Å². The molecule has 2 N–H and O–H groups in total. The average molecular weight is 199 g/mol. The summed E-state index contributed by atoms with van der Waals surface area (Å²) in [6, 6.07) is -1.89. The predicted molar refractivity (Wildman–Crippen MR) is 39.0 cm³/mol. The quantitative estimate of drug-likeness (QED) is 0.722. The zero-order valence-corrected chi connectivity index (χ0v) is 7.23. The fourth-order valence-electron chi connectivity index (χ4n) is 1.19. The molecule has 0 saturated carbocycles. The summed E-state index contributed by atoms with van der Waals surface area (Å²) >= 11 is 0. The molecule has 1 unspecified atom stereocenters. The highest BCUT2D eigenvalue weighted by atomic mass is 19.4. The van der Waals surface area contributed by atoms with Crippen LogP contribution in [0.15, 0.2) is 0 Å². The molecule has 0 aromatic carbocycles. The molecule has 6 heteroatoms. The van der Waals surface area contributed by atoms with Crippen LogP contribution in [0.5, 0.6) is 0 Å². The van der Waals surface area contributed by atoms with Gasteiger partial charge in [-0.05, 0) is 6.92 Å². The van der Waals surface area contributed by atoms with Crippen molar-refractivity contribution in [1.82, 2.24) is 0 Å². The fourth-order valence-corrected chi connectivity index (χ4v) is 1.19. The van der Waals surface area contributed by atoms with Gasteiger partial charge in [-0.25, -0.2) is 0 Å². The Balaban J connectivity index is 2.48. The van der Waals surface area contributed by atoms with E-state index in [2.05, 4.69) is 0 Å². The Hall–Kier alpha value is -0.330. The molecule has 0 aromatic heterocycles. The third kappa shape index (κ3) is 2.82. The Bertz CT molecular complexity index is 177. The van der Waals surface area contributed by atoms with E-state index in [0.717, 1.165) is 0 Å². The van der Waals surface area contributed by atoms with Crippen molar-refractivity contribution in [3.63, 3.8) is 0 Å². The van der Waals surface area contributed by atoms with Gasteiger partial charge in [0.2, 0.25) is 0 Å². The van der Waals surface area contributed by atoms with Crippen LogP contribution in [-0.2, 0) is 9.47 Å². The van der Waals surface area contributed by atoms with Crippen LogP contribution in [0.3, 0.4) is 0 Å². The van der Waals surface area contributed by atoms with Crippen molar-refractivity contribution in [2.24, 2.45) is 5.73 Å². The second-order valence-corrected chi connectivity index (χ2v) is 3.18. The van der Waals surface area contributed by atoms with E-state index >= 15 is 0 Å². The predicted octanol–water partition coefficient (Wildman–Crippen LogP) is 1.03. The van der Waals surface area contributed by atoms with Crippen molar-refractivity contribution in [3.05, 3.63) is 0 Å². The van der Waals surface area contributed by atoms with Crippen LogP contribution < -0.4 is 5.73 Å². The van der Waals surface area contributed by atoms with Crippen LogP contribution in [0, 0.1) is 0 Å². The van der Waals surface area contributed by atoms with Gasteiger partial charge in [-0.15, -0.1) is 0 Å². The summed E-state index contributed by atoms with van der Waals surface area (Å²) in [6.45, 7) is 2.10. The maximum atomic E-state index is 12.0. The van der Waals surface area contributed by atoms with Crippen molar-refractivity contribution in [2.45, 2.75) is 31.3 Å². The van der Waals surface area contributed by atoms with E-state index in [0.29, 0.717) is 13.2 Å². The standard InChI is InChI=1S/C7H12F3NO2/c1-6(12-2-3-13-6)4-5(11)7(8,9)10/h5H,2-4,11H2,1H3. The average Bonchev–Trinajstić information content (AvgIpc) is 2.33. The molecule has 0 amide bonds. The maximum Gasteiger partial charge on any atom is 0.403 e. The molecule has 0 aromatic rings. The molecule has 1 atom stereocenters. The molecule has 1 heterocycles. The second-order valence-electron chi connectivity index (χ2n) is 3.18. The van der Waals surface area contributed by atoms with E-state index in [-0.39, 0.29) is 6.42 Å². The number of alkyl halides is 3. The monoisotopic (exact) mass is 199 g/mol. The first-order valence-corrected chi connectivity index (χ1v) is 3.94. The fraction of sp³-hybridized carbons (Fsp3) is 1.00. The number of ether oxygens (including phenoxy) is 2. The van der Waals surface area contributed by atoms with Crippen LogP contribution in [0.1, 0.15) is 13.3 Å². The molecule has 1 aliphatic rings. The van der Waals surface area contributed by atoms with Crippen LogP contribution in [-0.4, -0.2) is 31.2 Å². The maximum absolute atomic E-state index is 12.0. The van der Waals surface area contributed by atoms with E-state index in [1.165, 1.54) is 6.92 Å².